The van der Waals surface area contributed by atoms with Crippen LogP contribution in [-0.4, -0.2) is 31.1 Å². The monoisotopic (exact) mass is 301 g/mol. The topological polar surface area (TPSA) is 66.4 Å². The first-order valence-electron chi connectivity index (χ1n) is 6.36. The van der Waals surface area contributed by atoms with Gasteiger partial charge in [0.15, 0.2) is 0 Å². The van der Waals surface area contributed by atoms with Gasteiger partial charge in [0.1, 0.15) is 10.6 Å². The number of hydrogen-bond acceptors (Lipinski definition) is 4. The number of thioether (sulfide) groups is 1. The van der Waals surface area contributed by atoms with Crippen molar-refractivity contribution in [2.75, 3.05) is 6.26 Å². The van der Waals surface area contributed by atoms with Gasteiger partial charge in [-0.05, 0) is 44.1 Å². The number of sulfonamides is 1. The summed E-state index contributed by atoms with van der Waals surface area (Å²) in [7, 11) is -3.62. The average molecular weight is 301 g/mol. The van der Waals surface area contributed by atoms with E-state index in [0.717, 1.165) is 25.7 Å². The van der Waals surface area contributed by atoms with Crippen LogP contribution in [0, 0.1) is 0 Å². The Balaban J connectivity index is 2.05. The van der Waals surface area contributed by atoms with Gasteiger partial charge in [0.05, 0.1) is 0 Å². The first-order chi connectivity index (χ1) is 9.03. The maximum absolute atomic E-state index is 12.2. The van der Waals surface area contributed by atoms with Crippen LogP contribution >= 0.6 is 11.8 Å². The van der Waals surface area contributed by atoms with Gasteiger partial charge >= 0.3 is 0 Å². The second-order valence-electron chi connectivity index (χ2n) is 4.80. The molecule has 1 aromatic carbocycles. The molecule has 19 heavy (non-hydrogen) atoms. The third-order valence-electron chi connectivity index (χ3n) is 3.48. The molecule has 0 radical (unpaired) electrons. The van der Waals surface area contributed by atoms with E-state index in [4.69, 9.17) is 0 Å². The van der Waals surface area contributed by atoms with Crippen LogP contribution in [0.3, 0.4) is 0 Å². The highest BCUT2D eigenvalue weighted by atomic mass is 32.2. The second kappa shape index (κ2) is 6.15. The summed E-state index contributed by atoms with van der Waals surface area (Å²) in [5.41, 5.74) is 0. The second-order valence-corrected chi connectivity index (χ2v) is 7.62. The molecule has 1 aliphatic carbocycles. The first kappa shape index (κ1) is 14.7. The average Bonchev–Trinajstić information content (AvgIpc) is 2.39. The molecule has 0 spiro atoms. The van der Waals surface area contributed by atoms with Crippen molar-refractivity contribution in [2.24, 2.45) is 0 Å². The van der Waals surface area contributed by atoms with E-state index in [2.05, 4.69) is 11.0 Å². The van der Waals surface area contributed by atoms with Gasteiger partial charge in [0, 0.05) is 11.3 Å². The van der Waals surface area contributed by atoms with Crippen LogP contribution in [0.15, 0.2) is 29.2 Å². The number of phenols is 1. The van der Waals surface area contributed by atoms with E-state index < -0.39 is 10.0 Å². The summed E-state index contributed by atoms with van der Waals surface area (Å²) in [4.78, 5) is -0.0398. The molecule has 4 nitrogen and oxygen atoms in total. The largest absolute Gasteiger partial charge is 0.507 e. The fraction of sp³-hybridized carbons (Fsp3) is 0.538. The Bertz CT molecular complexity index is 522. The van der Waals surface area contributed by atoms with Gasteiger partial charge in [0.25, 0.3) is 0 Å². The summed E-state index contributed by atoms with van der Waals surface area (Å²) in [6.07, 6.45) is 5.89. The van der Waals surface area contributed by atoms with Crippen LogP contribution in [0.1, 0.15) is 25.7 Å². The predicted molar refractivity (Wildman–Crippen MR) is 78.0 cm³/mol. The minimum absolute atomic E-state index is 0.0204. The zero-order valence-electron chi connectivity index (χ0n) is 10.9. The Hall–Kier alpha value is -0.720. The number of nitrogens with one attached hydrogen (secondary N) is 1. The van der Waals surface area contributed by atoms with Gasteiger partial charge in [-0.2, -0.15) is 11.8 Å². The fourth-order valence-corrected chi connectivity index (χ4v) is 4.53. The number of para-hydroxylation sites is 1. The molecule has 2 rings (SSSR count). The van der Waals surface area contributed by atoms with Gasteiger partial charge in [-0.1, -0.05) is 12.1 Å². The highest BCUT2D eigenvalue weighted by Crippen LogP contribution is 2.28. The molecule has 0 saturated heterocycles. The Morgan fingerprint density at radius 1 is 1.21 bits per heavy atom. The molecule has 2 N–H and O–H groups in total. The Morgan fingerprint density at radius 3 is 2.42 bits per heavy atom. The maximum Gasteiger partial charge on any atom is 0.244 e. The summed E-state index contributed by atoms with van der Waals surface area (Å²) in [5, 5.41) is 10.3. The number of benzene rings is 1. The Labute approximate surface area is 118 Å². The maximum atomic E-state index is 12.2. The number of rotatable bonds is 4. The lowest BCUT2D eigenvalue weighted by molar-refractivity contribution is 0.417. The van der Waals surface area contributed by atoms with Crippen LogP contribution in [-0.2, 0) is 10.0 Å². The summed E-state index contributed by atoms with van der Waals surface area (Å²) < 4.78 is 27.1. The Kier molecular flexibility index (Phi) is 4.76. The molecule has 0 amide bonds. The van der Waals surface area contributed by atoms with Crippen molar-refractivity contribution >= 4 is 21.8 Å². The van der Waals surface area contributed by atoms with Crippen molar-refractivity contribution in [3.63, 3.8) is 0 Å². The van der Waals surface area contributed by atoms with E-state index in [1.807, 2.05) is 11.8 Å². The zero-order valence-corrected chi connectivity index (χ0v) is 12.5. The molecule has 1 aliphatic rings. The van der Waals surface area contributed by atoms with Crippen LogP contribution < -0.4 is 4.72 Å². The van der Waals surface area contributed by atoms with Gasteiger partial charge in [-0.25, -0.2) is 13.1 Å². The van der Waals surface area contributed by atoms with Crippen LogP contribution in [0.4, 0.5) is 0 Å². The summed E-state index contributed by atoms with van der Waals surface area (Å²) in [6, 6.07) is 6.01. The van der Waals surface area contributed by atoms with Crippen molar-refractivity contribution in [3.05, 3.63) is 24.3 Å². The normalized spacial score (nSPS) is 24.3. The smallest absolute Gasteiger partial charge is 0.244 e. The molecule has 0 heterocycles. The Morgan fingerprint density at radius 2 is 1.84 bits per heavy atom. The number of hydrogen-bond donors (Lipinski definition) is 2. The van der Waals surface area contributed by atoms with E-state index in [-0.39, 0.29) is 16.7 Å². The minimum Gasteiger partial charge on any atom is -0.507 e. The molecule has 0 bridgehead atoms. The van der Waals surface area contributed by atoms with Gasteiger partial charge in [-0.3, -0.25) is 0 Å². The van der Waals surface area contributed by atoms with Crippen LogP contribution in [0.5, 0.6) is 5.75 Å². The summed E-state index contributed by atoms with van der Waals surface area (Å²) >= 11 is 1.85. The molecule has 1 saturated carbocycles. The van der Waals surface area contributed by atoms with Gasteiger partial charge < -0.3 is 5.11 Å². The first-order valence-corrected chi connectivity index (χ1v) is 9.13. The molecule has 1 aromatic rings. The van der Waals surface area contributed by atoms with Crippen molar-refractivity contribution in [1.82, 2.24) is 4.72 Å². The van der Waals surface area contributed by atoms with Crippen molar-refractivity contribution in [2.45, 2.75) is 41.9 Å². The van der Waals surface area contributed by atoms with E-state index in [1.54, 1.807) is 12.1 Å². The highest BCUT2D eigenvalue weighted by molar-refractivity contribution is 7.99. The fourth-order valence-electron chi connectivity index (χ4n) is 2.38. The van der Waals surface area contributed by atoms with Crippen molar-refractivity contribution in [1.29, 1.82) is 0 Å². The van der Waals surface area contributed by atoms with Crippen LogP contribution in [0.25, 0.3) is 0 Å². The molecule has 0 aromatic heterocycles. The third-order valence-corrected chi connectivity index (χ3v) is 6.19. The van der Waals surface area contributed by atoms with Crippen molar-refractivity contribution < 1.29 is 13.5 Å². The number of aromatic hydroxyl groups is 1. The van der Waals surface area contributed by atoms with E-state index in [9.17, 15) is 13.5 Å². The molecule has 1 fully saturated rings. The SMILES string of the molecule is CSC1CCC(NS(=O)(=O)c2ccccc2O)CC1. The number of phenolic OH excluding ortho intramolecular Hbond substituents is 1. The lowest BCUT2D eigenvalue weighted by Crippen LogP contribution is -2.38. The molecule has 106 valence electrons. The lowest BCUT2D eigenvalue weighted by atomic mass is 9.96. The lowest BCUT2D eigenvalue weighted by Gasteiger charge is -2.27. The molecular weight excluding hydrogens is 282 g/mol. The quantitative estimate of drug-likeness (QED) is 0.896. The highest BCUT2D eigenvalue weighted by Gasteiger charge is 2.26. The molecular formula is C13H19NO3S2. The predicted octanol–water partition coefficient (Wildman–Crippen LogP) is 2.34. The minimum atomic E-state index is -3.62. The molecule has 6 heteroatoms. The standard InChI is InChI=1S/C13H19NO3S2/c1-18-11-8-6-10(7-9-11)14-19(16,17)13-5-3-2-4-12(13)15/h2-5,10-11,14-15H,6-9H2,1H3. The van der Waals surface area contributed by atoms with Crippen LogP contribution in [0.2, 0.25) is 0 Å². The summed E-state index contributed by atoms with van der Waals surface area (Å²) in [6.45, 7) is 0. The molecule has 0 aliphatic heterocycles. The zero-order chi connectivity index (χ0) is 13.9. The summed E-state index contributed by atoms with van der Waals surface area (Å²) in [5.74, 6) is -0.201. The van der Waals surface area contributed by atoms with Gasteiger partial charge in [-0.15, -0.1) is 0 Å². The third kappa shape index (κ3) is 3.64. The van der Waals surface area contributed by atoms with Crippen molar-refractivity contribution in [3.8, 4) is 5.75 Å². The van der Waals surface area contributed by atoms with E-state index in [0.29, 0.717) is 5.25 Å². The van der Waals surface area contributed by atoms with E-state index >= 15 is 0 Å². The van der Waals surface area contributed by atoms with Gasteiger partial charge in [0.2, 0.25) is 10.0 Å². The molecule has 0 atom stereocenters. The molecule has 0 unspecified atom stereocenters. The van der Waals surface area contributed by atoms with E-state index in [1.165, 1.54) is 12.1 Å².